The Kier molecular flexibility index (Phi) is 7.10. The minimum absolute atomic E-state index is 0.0418. The van der Waals surface area contributed by atoms with Gasteiger partial charge in [-0.15, -0.1) is 0 Å². The average molecular weight is 596 g/mol. The molecule has 4 aromatic carbocycles. The fraction of sp³-hybridized carbons (Fsp3) is 0.0333. The monoisotopic (exact) mass is 595 g/mol. The number of non-ortho nitro benzene ring substituents is 1. The number of rotatable bonds is 8. The van der Waals surface area contributed by atoms with Crippen LogP contribution in [0.4, 0.5) is 11.4 Å². The summed E-state index contributed by atoms with van der Waals surface area (Å²) in [7, 11) is 0. The molecule has 0 radical (unpaired) electrons. The van der Waals surface area contributed by atoms with Gasteiger partial charge in [0.25, 0.3) is 11.2 Å². The van der Waals surface area contributed by atoms with E-state index >= 15 is 0 Å². The van der Waals surface area contributed by atoms with Gasteiger partial charge in [-0.05, 0) is 54.1 Å². The van der Waals surface area contributed by atoms with Gasteiger partial charge in [-0.1, -0.05) is 35.9 Å². The highest BCUT2D eigenvalue weighted by atomic mass is 35.5. The van der Waals surface area contributed by atoms with Crippen LogP contribution in [0.2, 0.25) is 5.02 Å². The van der Waals surface area contributed by atoms with E-state index in [0.29, 0.717) is 38.0 Å². The highest BCUT2D eigenvalue weighted by Gasteiger charge is 2.19. The molecule has 6 aromatic rings. The number of aromatic nitrogens is 2. The van der Waals surface area contributed by atoms with Crippen LogP contribution in [0.1, 0.15) is 11.1 Å². The van der Waals surface area contributed by atoms with Crippen LogP contribution in [-0.4, -0.2) is 25.7 Å². The third-order valence-corrected chi connectivity index (χ3v) is 6.71. The maximum Gasteiger partial charge on any atom is 0.311 e. The molecule has 0 aliphatic heterocycles. The lowest BCUT2D eigenvalue weighted by Crippen LogP contribution is -2.20. The molecule has 0 amide bonds. The molecule has 2 aromatic heterocycles. The molecule has 0 aliphatic rings. The summed E-state index contributed by atoms with van der Waals surface area (Å²) < 4.78 is 12.7. The van der Waals surface area contributed by atoms with Crippen molar-refractivity contribution < 1.29 is 19.0 Å². The van der Waals surface area contributed by atoms with Crippen LogP contribution in [0.5, 0.6) is 5.75 Å². The van der Waals surface area contributed by atoms with Gasteiger partial charge in [0.05, 0.1) is 27.0 Å². The number of nitrogens with zero attached hydrogens (tertiary/aromatic N) is 5. The van der Waals surface area contributed by atoms with Crippen LogP contribution in [-0.2, 0) is 6.61 Å². The van der Waals surface area contributed by atoms with Gasteiger partial charge in [0, 0.05) is 34.2 Å². The van der Waals surface area contributed by atoms with Gasteiger partial charge in [-0.2, -0.15) is 9.78 Å². The van der Waals surface area contributed by atoms with Gasteiger partial charge >= 0.3 is 5.69 Å². The van der Waals surface area contributed by atoms with Crippen molar-refractivity contribution >= 4 is 51.1 Å². The first-order valence-corrected chi connectivity index (χ1v) is 13.0. The number of furan rings is 1. The second-order valence-electron chi connectivity index (χ2n) is 9.31. The number of benzene rings is 4. The van der Waals surface area contributed by atoms with Crippen molar-refractivity contribution in [1.29, 1.82) is 0 Å². The summed E-state index contributed by atoms with van der Waals surface area (Å²) in [5, 5.41) is 28.8. The van der Waals surface area contributed by atoms with Crippen LogP contribution in [0.15, 0.2) is 105 Å². The maximum absolute atomic E-state index is 13.5. The van der Waals surface area contributed by atoms with Crippen LogP contribution >= 0.6 is 11.6 Å². The molecule has 43 heavy (non-hydrogen) atoms. The van der Waals surface area contributed by atoms with Crippen molar-refractivity contribution in [2.45, 2.75) is 6.61 Å². The van der Waals surface area contributed by atoms with E-state index in [4.69, 9.17) is 20.8 Å². The van der Waals surface area contributed by atoms with Crippen LogP contribution < -0.4 is 10.3 Å². The van der Waals surface area contributed by atoms with Crippen LogP contribution in [0.3, 0.4) is 0 Å². The number of fused-ring (bicyclic) bond motifs is 2. The van der Waals surface area contributed by atoms with Gasteiger partial charge in [-0.3, -0.25) is 25.0 Å². The van der Waals surface area contributed by atoms with E-state index in [0.717, 1.165) is 4.68 Å². The molecule has 0 N–H and O–H groups in total. The number of hydrogen-bond acceptors (Lipinski definition) is 9. The maximum atomic E-state index is 13.5. The molecular weight excluding hydrogens is 578 g/mol. The summed E-state index contributed by atoms with van der Waals surface area (Å²) in [5.74, 6) is 0.353. The Bertz CT molecular complexity index is 2160. The highest BCUT2D eigenvalue weighted by Crippen LogP contribution is 2.30. The Morgan fingerprint density at radius 1 is 0.953 bits per heavy atom. The number of nitro benzene ring substituents is 2. The van der Waals surface area contributed by atoms with Crippen molar-refractivity contribution in [2.24, 2.45) is 5.10 Å². The number of halogens is 1. The quantitative estimate of drug-likeness (QED) is 0.106. The molecule has 6 rings (SSSR count). The number of hydrogen-bond donors (Lipinski definition) is 0. The van der Waals surface area contributed by atoms with Crippen molar-refractivity contribution in [3.05, 3.63) is 138 Å². The van der Waals surface area contributed by atoms with Crippen LogP contribution in [0.25, 0.3) is 33.5 Å². The van der Waals surface area contributed by atoms with Gasteiger partial charge in [-0.25, -0.2) is 4.98 Å². The predicted octanol–water partition coefficient (Wildman–Crippen LogP) is 6.74. The van der Waals surface area contributed by atoms with E-state index in [1.54, 1.807) is 54.6 Å². The summed E-state index contributed by atoms with van der Waals surface area (Å²) in [4.78, 5) is 39.9. The van der Waals surface area contributed by atoms with Gasteiger partial charge in [0.2, 0.25) is 5.82 Å². The Morgan fingerprint density at radius 2 is 1.79 bits per heavy atom. The summed E-state index contributed by atoms with van der Waals surface area (Å²) in [6.45, 7) is -0.125. The van der Waals surface area contributed by atoms with Crippen LogP contribution in [0, 0.1) is 20.2 Å². The first-order valence-electron chi connectivity index (χ1n) is 12.7. The Morgan fingerprint density at radius 3 is 2.60 bits per heavy atom. The van der Waals surface area contributed by atoms with Crippen molar-refractivity contribution in [2.75, 3.05) is 0 Å². The minimum atomic E-state index is -0.616. The SMILES string of the molecule is O=c1c2ccccc2nc(-c2cc3cc(Cl)ccc3o2)n1N=Cc1ccc(OCc2cccc([N+](=O)[O-])c2)c([N+](=O)[O-])c1. The molecule has 0 saturated heterocycles. The largest absolute Gasteiger partial charge is 0.482 e. The number of ether oxygens (including phenoxy) is 1. The zero-order valence-corrected chi connectivity index (χ0v) is 22.7. The molecule has 0 spiro atoms. The fourth-order valence-corrected chi connectivity index (χ4v) is 4.62. The minimum Gasteiger partial charge on any atom is -0.482 e. The van der Waals surface area contributed by atoms with E-state index in [-0.39, 0.29) is 35.3 Å². The molecular formula is C30H18ClN5O7. The van der Waals surface area contributed by atoms with E-state index < -0.39 is 15.4 Å². The molecule has 0 aliphatic carbocycles. The van der Waals surface area contributed by atoms with Gasteiger partial charge in [0.15, 0.2) is 11.5 Å². The zero-order valence-electron chi connectivity index (χ0n) is 21.9. The zero-order chi connectivity index (χ0) is 30.1. The van der Waals surface area contributed by atoms with Crippen molar-refractivity contribution in [3.63, 3.8) is 0 Å². The molecule has 0 atom stereocenters. The Balaban J connectivity index is 1.36. The highest BCUT2D eigenvalue weighted by molar-refractivity contribution is 6.31. The molecule has 212 valence electrons. The number of nitro groups is 2. The van der Waals surface area contributed by atoms with E-state index in [1.807, 2.05) is 0 Å². The van der Waals surface area contributed by atoms with Gasteiger partial charge in [0.1, 0.15) is 12.2 Å². The fourth-order valence-electron chi connectivity index (χ4n) is 4.44. The third kappa shape index (κ3) is 5.54. The lowest BCUT2D eigenvalue weighted by molar-refractivity contribution is -0.386. The average Bonchev–Trinajstić information content (AvgIpc) is 3.43. The first kappa shape index (κ1) is 27.3. The summed E-state index contributed by atoms with van der Waals surface area (Å²) in [6.07, 6.45) is 1.29. The molecule has 12 nitrogen and oxygen atoms in total. The summed E-state index contributed by atoms with van der Waals surface area (Å²) in [5.41, 5.74) is 0.803. The van der Waals surface area contributed by atoms with Gasteiger partial charge < -0.3 is 9.15 Å². The van der Waals surface area contributed by atoms with E-state index in [1.165, 1.54) is 42.6 Å². The standard InChI is InChI=1S/C30H18ClN5O7/c31-21-9-11-26-20(14-21)15-28(43-26)29-33-24-7-2-1-6-23(24)30(37)34(29)32-16-18-8-10-27(25(13-18)36(40)41)42-17-19-4-3-5-22(12-19)35(38)39/h1-16H,17H2. The molecule has 0 bridgehead atoms. The molecule has 0 fully saturated rings. The molecule has 0 saturated carbocycles. The summed E-state index contributed by atoms with van der Waals surface area (Å²) in [6, 6.07) is 23.5. The smallest absolute Gasteiger partial charge is 0.311 e. The molecule has 2 heterocycles. The first-order chi connectivity index (χ1) is 20.8. The third-order valence-electron chi connectivity index (χ3n) is 6.47. The molecule has 13 heteroatoms. The van der Waals surface area contributed by atoms with Crippen molar-refractivity contribution in [1.82, 2.24) is 9.66 Å². The Labute approximate surface area is 246 Å². The predicted molar refractivity (Wildman–Crippen MR) is 160 cm³/mol. The second kappa shape index (κ2) is 11.2. The lowest BCUT2D eigenvalue weighted by Gasteiger charge is -2.08. The normalized spacial score (nSPS) is 11.4. The lowest BCUT2D eigenvalue weighted by atomic mass is 10.2. The Hall–Kier alpha value is -5.88. The topological polar surface area (TPSA) is 156 Å². The summed E-state index contributed by atoms with van der Waals surface area (Å²) >= 11 is 6.12. The number of para-hydroxylation sites is 1. The van der Waals surface area contributed by atoms with E-state index in [2.05, 4.69) is 10.1 Å². The van der Waals surface area contributed by atoms with E-state index in [9.17, 15) is 25.0 Å². The van der Waals surface area contributed by atoms with Crippen molar-refractivity contribution in [3.8, 4) is 17.3 Å². The second-order valence-corrected chi connectivity index (χ2v) is 9.74. The molecule has 0 unspecified atom stereocenters.